The quantitative estimate of drug-likeness (QED) is 0.629. The van der Waals surface area contributed by atoms with Crippen LogP contribution in [0.4, 0.5) is 0 Å². The Morgan fingerprint density at radius 1 is 1.37 bits per heavy atom. The Hall–Kier alpha value is -1.79. The lowest BCUT2D eigenvalue weighted by Gasteiger charge is -2.08. The molecule has 19 heavy (non-hydrogen) atoms. The summed E-state index contributed by atoms with van der Waals surface area (Å²) in [5.41, 5.74) is 2.34. The maximum Gasteiger partial charge on any atom is 0.251 e. The number of rotatable bonds is 5. The number of benzene rings is 1. The smallest absolute Gasteiger partial charge is 0.251 e. The summed E-state index contributed by atoms with van der Waals surface area (Å²) >= 11 is 0. The Bertz CT molecular complexity index is 483. The maximum atomic E-state index is 12.0. The summed E-state index contributed by atoms with van der Waals surface area (Å²) in [4.78, 5) is 12.0. The molecule has 102 valence electrons. The van der Waals surface area contributed by atoms with E-state index in [0.29, 0.717) is 12.1 Å². The average molecular weight is 259 g/mol. The van der Waals surface area contributed by atoms with Gasteiger partial charge in [0.1, 0.15) is 6.61 Å². The van der Waals surface area contributed by atoms with Gasteiger partial charge in [-0.05, 0) is 31.0 Å². The van der Waals surface area contributed by atoms with Crippen molar-refractivity contribution in [2.75, 3.05) is 13.2 Å². The van der Waals surface area contributed by atoms with E-state index in [1.807, 2.05) is 19.1 Å². The van der Waals surface area contributed by atoms with Crippen LogP contribution in [0.15, 0.2) is 18.2 Å². The SMILES string of the molecule is CCCCCNC(=O)c1cc(C#CCO)ccc1C. The summed E-state index contributed by atoms with van der Waals surface area (Å²) in [6.45, 7) is 4.57. The highest BCUT2D eigenvalue weighted by Gasteiger charge is 2.08. The third-order valence-electron chi connectivity index (χ3n) is 2.86. The summed E-state index contributed by atoms with van der Waals surface area (Å²) in [7, 11) is 0. The van der Waals surface area contributed by atoms with E-state index >= 15 is 0 Å². The molecule has 3 heteroatoms. The highest BCUT2D eigenvalue weighted by atomic mass is 16.2. The Balaban J connectivity index is 2.72. The van der Waals surface area contributed by atoms with Crippen LogP contribution in [-0.4, -0.2) is 24.2 Å². The van der Waals surface area contributed by atoms with Crippen molar-refractivity contribution in [2.45, 2.75) is 33.1 Å². The van der Waals surface area contributed by atoms with E-state index in [1.165, 1.54) is 0 Å². The molecule has 0 radical (unpaired) electrons. The van der Waals surface area contributed by atoms with E-state index in [4.69, 9.17) is 5.11 Å². The minimum atomic E-state index is -0.174. The number of amides is 1. The van der Waals surface area contributed by atoms with Gasteiger partial charge in [-0.1, -0.05) is 37.7 Å². The van der Waals surface area contributed by atoms with Gasteiger partial charge < -0.3 is 10.4 Å². The number of nitrogens with one attached hydrogen (secondary N) is 1. The topological polar surface area (TPSA) is 49.3 Å². The number of hydrogen-bond acceptors (Lipinski definition) is 2. The normalized spacial score (nSPS) is 9.63. The molecule has 0 spiro atoms. The molecule has 0 aromatic heterocycles. The van der Waals surface area contributed by atoms with Crippen LogP contribution >= 0.6 is 0 Å². The molecule has 0 unspecified atom stereocenters. The van der Waals surface area contributed by atoms with Crippen LogP contribution in [0.2, 0.25) is 0 Å². The molecule has 1 aromatic rings. The van der Waals surface area contributed by atoms with Crippen LogP contribution in [-0.2, 0) is 0 Å². The van der Waals surface area contributed by atoms with Gasteiger partial charge in [0.05, 0.1) is 0 Å². The highest BCUT2D eigenvalue weighted by Crippen LogP contribution is 2.10. The maximum absolute atomic E-state index is 12.0. The molecule has 0 aliphatic heterocycles. The van der Waals surface area contributed by atoms with Gasteiger partial charge in [-0.3, -0.25) is 4.79 Å². The van der Waals surface area contributed by atoms with Crippen molar-refractivity contribution in [3.63, 3.8) is 0 Å². The molecule has 0 fully saturated rings. The number of aryl methyl sites for hydroxylation is 1. The van der Waals surface area contributed by atoms with Gasteiger partial charge in [-0.25, -0.2) is 0 Å². The van der Waals surface area contributed by atoms with Gasteiger partial charge in [-0.15, -0.1) is 0 Å². The predicted octanol–water partition coefficient (Wildman–Crippen LogP) is 2.26. The van der Waals surface area contributed by atoms with Crippen molar-refractivity contribution >= 4 is 5.91 Å². The summed E-state index contributed by atoms with van der Waals surface area (Å²) in [6.07, 6.45) is 3.27. The second-order valence-electron chi connectivity index (χ2n) is 4.45. The second kappa shape index (κ2) is 8.34. The first kappa shape index (κ1) is 15.3. The van der Waals surface area contributed by atoms with Crippen LogP contribution in [0.25, 0.3) is 0 Å². The minimum Gasteiger partial charge on any atom is -0.384 e. The molecule has 0 saturated carbocycles. The Morgan fingerprint density at radius 3 is 2.84 bits per heavy atom. The summed E-state index contributed by atoms with van der Waals surface area (Å²) in [5, 5.41) is 11.6. The van der Waals surface area contributed by atoms with Crippen molar-refractivity contribution in [3.8, 4) is 11.8 Å². The van der Waals surface area contributed by atoms with Gasteiger partial charge >= 0.3 is 0 Å². The van der Waals surface area contributed by atoms with Crippen molar-refractivity contribution in [2.24, 2.45) is 0 Å². The molecule has 2 N–H and O–H groups in total. The largest absolute Gasteiger partial charge is 0.384 e. The van der Waals surface area contributed by atoms with Crippen LogP contribution in [0, 0.1) is 18.8 Å². The Morgan fingerprint density at radius 2 is 2.16 bits per heavy atom. The fraction of sp³-hybridized carbons (Fsp3) is 0.438. The van der Waals surface area contributed by atoms with Gasteiger partial charge in [0, 0.05) is 17.7 Å². The molecular weight excluding hydrogens is 238 g/mol. The number of aliphatic hydroxyl groups excluding tert-OH is 1. The number of aliphatic hydroxyl groups is 1. The zero-order chi connectivity index (χ0) is 14.1. The molecule has 0 saturated heterocycles. The predicted molar refractivity (Wildman–Crippen MR) is 77.0 cm³/mol. The second-order valence-corrected chi connectivity index (χ2v) is 4.45. The third-order valence-corrected chi connectivity index (χ3v) is 2.86. The molecule has 0 aliphatic carbocycles. The molecule has 1 aromatic carbocycles. The van der Waals surface area contributed by atoms with Crippen molar-refractivity contribution in [1.29, 1.82) is 0 Å². The molecule has 0 heterocycles. The fourth-order valence-corrected chi connectivity index (χ4v) is 1.76. The highest BCUT2D eigenvalue weighted by molar-refractivity contribution is 5.96. The molecule has 1 amide bonds. The van der Waals surface area contributed by atoms with Crippen molar-refractivity contribution in [3.05, 3.63) is 34.9 Å². The number of carbonyl (C=O) groups excluding carboxylic acids is 1. The molecular formula is C16H21NO2. The lowest BCUT2D eigenvalue weighted by atomic mass is 10.0. The number of unbranched alkanes of at least 4 members (excludes halogenated alkanes) is 2. The monoisotopic (exact) mass is 259 g/mol. The summed E-state index contributed by atoms with van der Waals surface area (Å²) in [5.74, 6) is 5.34. The average Bonchev–Trinajstić information content (AvgIpc) is 2.42. The number of hydrogen-bond donors (Lipinski definition) is 2. The van der Waals surface area contributed by atoms with Crippen molar-refractivity contribution in [1.82, 2.24) is 5.32 Å². The van der Waals surface area contributed by atoms with Crippen LogP contribution < -0.4 is 5.32 Å². The first-order valence-electron chi connectivity index (χ1n) is 6.67. The van der Waals surface area contributed by atoms with E-state index in [1.54, 1.807) is 6.07 Å². The van der Waals surface area contributed by atoms with E-state index < -0.39 is 0 Å². The van der Waals surface area contributed by atoms with Crippen molar-refractivity contribution < 1.29 is 9.90 Å². The molecule has 0 bridgehead atoms. The molecule has 3 nitrogen and oxygen atoms in total. The zero-order valence-corrected chi connectivity index (χ0v) is 11.6. The van der Waals surface area contributed by atoms with E-state index in [0.717, 1.165) is 30.4 Å². The standard InChI is InChI=1S/C16H21NO2/c1-3-4-5-10-17-16(19)15-12-14(7-6-11-18)9-8-13(15)2/h8-9,12,18H,3-5,10-11H2,1-2H3,(H,17,19). The lowest BCUT2D eigenvalue weighted by Crippen LogP contribution is -2.25. The minimum absolute atomic E-state index is 0.0544. The van der Waals surface area contributed by atoms with Crippen LogP contribution in [0.1, 0.15) is 47.7 Å². The first-order valence-corrected chi connectivity index (χ1v) is 6.67. The zero-order valence-electron chi connectivity index (χ0n) is 11.6. The number of carbonyl (C=O) groups is 1. The van der Waals surface area contributed by atoms with E-state index in [2.05, 4.69) is 24.1 Å². The van der Waals surface area contributed by atoms with Gasteiger partial charge in [-0.2, -0.15) is 0 Å². The third kappa shape index (κ3) is 5.15. The molecule has 0 atom stereocenters. The van der Waals surface area contributed by atoms with E-state index in [9.17, 15) is 4.79 Å². The lowest BCUT2D eigenvalue weighted by molar-refractivity contribution is 0.0952. The fourth-order valence-electron chi connectivity index (χ4n) is 1.76. The molecule has 0 aliphatic rings. The molecule has 1 rings (SSSR count). The van der Waals surface area contributed by atoms with Gasteiger partial charge in [0.15, 0.2) is 0 Å². The Labute approximate surface area is 115 Å². The Kier molecular flexibility index (Phi) is 6.70. The first-order chi connectivity index (χ1) is 9.19. The summed E-state index contributed by atoms with van der Waals surface area (Å²) in [6, 6.07) is 5.50. The van der Waals surface area contributed by atoms with Crippen LogP contribution in [0.3, 0.4) is 0 Å². The van der Waals surface area contributed by atoms with Gasteiger partial charge in [0.2, 0.25) is 0 Å². The van der Waals surface area contributed by atoms with Crippen LogP contribution in [0.5, 0.6) is 0 Å². The van der Waals surface area contributed by atoms with E-state index in [-0.39, 0.29) is 12.5 Å². The summed E-state index contributed by atoms with van der Waals surface area (Å²) < 4.78 is 0. The van der Waals surface area contributed by atoms with Gasteiger partial charge in [0.25, 0.3) is 5.91 Å².